The van der Waals surface area contributed by atoms with E-state index in [-0.39, 0.29) is 34.6 Å². The number of ether oxygens (including phenoxy) is 1. The molecular formula is C34H36F2N6O2. The van der Waals surface area contributed by atoms with Crippen LogP contribution in [0.15, 0.2) is 24.3 Å². The number of halogens is 2. The van der Waals surface area contributed by atoms with Crippen LogP contribution in [-0.2, 0) is 6.42 Å². The minimum atomic E-state index is -0.606. The molecule has 4 saturated heterocycles. The van der Waals surface area contributed by atoms with Crippen molar-refractivity contribution >= 4 is 27.5 Å². The predicted octanol–water partition coefficient (Wildman–Crippen LogP) is 5.40. The van der Waals surface area contributed by atoms with Crippen molar-refractivity contribution in [3.63, 3.8) is 0 Å². The second-order valence-corrected chi connectivity index (χ2v) is 13.6. The summed E-state index contributed by atoms with van der Waals surface area (Å²) in [7, 11) is 0. The van der Waals surface area contributed by atoms with E-state index in [1.807, 2.05) is 0 Å². The quantitative estimate of drug-likeness (QED) is 0.323. The van der Waals surface area contributed by atoms with E-state index in [0.29, 0.717) is 58.2 Å². The van der Waals surface area contributed by atoms with Gasteiger partial charge in [0.05, 0.1) is 16.6 Å². The highest BCUT2D eigenvalue weighted by Crippen LogP contribution is 2.44. The highest BCUT2D eigenvalue weighted by Gasteiger charge is 2.46. The monoisotopic (exact) mass is 598 g/mol. The van der Waals surface area contributed by atoms with Crippen molar-refractivity contribution in [3.05, 3.63) is 47.2 Å². The SMILES string of the molecule is Cc1c(F)ccc2cc(O)cc(-c3nc4c5c(nc(OCC67CCCN6CCC7)nc5c3F)N3C[C@@H]5CC[C@@H](N5)C3CC4)c12. The van der Waals surface area contributed by atoms with Gasteiger partial charge < -0.3 is 20.1 Å². The number of nitrogens with one attached hydrogen (secondary N) is 1. The molecule has 228 valence electrons. The molecule has 3 atom stereocenters. The van der Waals surface area contributed by atoms with Crippen LogP contribution in [0.3, 0.4) is 0 Å². The lowest BCUT2D eigenvalue weighted by atomic mass is 9.95. The number of hydrogen-bond donors (Lipinski definition) is 2. The Kier molecular flexibility index (Phi) is 5.89. The number of fused-ring (bicyclic) bond motifs is 7. The van der Waals surface area contributed by atoms with Gasteiger partial charge in [-0.1, -0.05) is 6.07 Å². The van der Waals surface area contributed by atoms with Gasteiger partial charge in [-0.25, -0.2) is 13.8 Å². The zero-order valence-electron chi connectivity index (χ0n) is 24.9. The van der Waals surface area contributed by atoms with Gasteiger partial charge in [-0.05, 0) is 106 Å². The molecule has 9 rings (SSSR count). The lowest BCUT2D eigenvalue weighted by Gasteiger charge is -2.41. The van der Waals surface area contributed by atoms with Crippen molar-refractivity contribution in [1.82, 2.24) is 25.2 Å². The van der Waals surface area contributed by atoms with Gasteiger partial charge in [-0.3, -0.25) is 4.90 Å². The van der Waals surface area contributed by atoms with Crippen molar-refractivity contribution < 1.29 is 18.6 Å². The van der Waals surface area contributed by atoms with Crippen molar-refractivity contribution in [2.75, 3.05) is 31.1 Å². The molecule has 0 saturated carbocycles. The zero-order valence-corrected chi connectivity index (χ0v) is 24.9. The highest BCUT2D eigenvalue weighted by atomic mass is 19.1. The summed E-state index contributed by atoms with van der Waals surface area (Å²) in [5, 5.41) is 16.2. The van der Waals surface area contributed by atoms with Crippen molar-refractivity contribution in [1.29, 1.82) is 0 Å². The van der Waals surface area contributed by atoms with Gasteiger partial charge in [0.2, 0.25) is 0 Å². The second kappa shape index (κ2) is 9.68. The van der Waals surface area contributed by atoms with Crippen molar-refractivity contribution in [3.8, 4) is 23.0 Å². The number of benzene rings is 2. The molecule has 4 fully saturated rings. The second-order valence-electron chi connectivity index (χ2n) is 13.6. The molecule has 0 aliphatic carbocycles. The van der Waals surface area contributed by atoms with E-state index in [1.54, 1.807) is 19.1 Å². The number of nitrogens with zero attached hydrogens (tertiary/aromatic N) is 5. The molecule has 5 aliphatic rings. The standard InChI is InChI=1S/C34H36F2N6O2/c1-18-23(35)6-4-19-14-21(43)15-22(27(18)19)30-29(36)31-28-25(38-30)8-9-26-24-7-5-20(37-24)16-42(26)32(28)40-33(39-31)44-17-34-10-2-12-41(34)13-3-11-34/h4,6,14-15,20,24,26,37,43H,2-3,5,7-13,16-17H2,1H3/t20-,24+,26?/m0/s1. The summed E-state index contributed by atoms with van der Waals surface area (Å²) in [4.78, 5) is 19.6. The van der Waals surface area contributed by atoms with Crippen LogP contribution in [0.2, 0.25) is 0 Å². The summed E-state index contributed by atoms with van der Waals surface area (Å²) < 4.78 is 38.3. The number of hydrogen-bond acceptors (Lipinski definition) is 8. The number of phenolic OH excluding ortho intramolecular Hbond substituents is 1. The molecular weight excluding hydrogens is 562 g/mol. The normalized spacial score (nSPS) is 25.4. The van der Waals surface area contributed by atoms with E-state index in [2.05, 4.69) is 15.1 Å². The Morgan fingerprint density at radius 1 is 1.05 bits per heavy atom. The molecule has 2 aromatic carbocycles. The summed E-state index contributed by atoms with van der Waals surface area (Å²) in [6, 6.07) is 7.13. The maximum Gasteiger partial charge on any atom is 0.319 e. The first-order chi connectivity index (χ1) is 21.4. The molecule has 4 aromatic rings. The number of aryl methyl sites for hydroxylation is 2. The predicted molar refractivity (Wildman–Crippen MR) is 164 cm³/mol. The molecule has 0 amide bonds. The molecule has 0 spiro atoms. The lowest BCUT2D eigenvalue weighted by molar-refractivity contribution is 0.108. The van der Waals surface area contributed by atoms with Crippen LogP contribution in [0.25, 0.3) is 32.9 Å². The molecule has 8 nitrogen and oxygen atoms in total. The first-order valence-corrected chi connectivity index (χ1v) is 16.1. The fourth-order valence-electron chi connectivity index (χ4n) is 9.06. The van der Waals surface area contributed by atoms with Gasteiger partial charge in [-0.15, -0.1) is 0 Å². The number of aromatic hydroxyl groups is 1. The molecule has 5 aliphatic heterocycles. The summed E-state index contributed by atoms with van der Waals surface area (Å²) in [6.45, 7) is 5.12. The van der Waals surface area contributed by atoms with Crippen LogP contribution in [0, 0.1) is 18.6 Å². The number of phenols is 1. The Bertz CT molecular complexity index is 1840. The fourth-order valence-corrected chi connectivity index (χ4v) is 9.06. The summed E-state index contributed by atoms with van der Waals surface area (Å²) >= 11 is 0. The first kappa shape index (κ1) is 26.7. The minimum absolute atomic E-state index is 0.00167. The van der Waals surface area contributed by atoms with Crippen LogP contribution in [0.1, 0.15) is 56.2 Å². The van der Waals surface area contributed by atoms with E-state index >= 15 is 4.39 Å². The molecule has 0 radical (unpaired) electrons. The Morgan fingerprint density at radius 3 is 2.73 bits per heavy atom. The Balaban J connectivity index is 1.25. The topological polar surface area (TPSA) is 86.6 Å². The van der Waals surface area contributed by atoms with Gasteiger partial charge in [0, 0.05) is 30.2 Å². The van der Waals surface area contributed by atoms with Crippen LogP contribution >= 0.6 is 0 Å². The van der Waals surface area contributed by atoms with E-state index in [4.69, 9.17) is 19.7 Å². The smallest absolute Gasteiger partial charge is 0.319 e. The van der Waals surface area contributed by atoms with Gasteiger partial charge >= 0.3 is 6.01 Å². The molecule has 10 heteroatoms. The van der Waals surface area contributed by atoms with Crippen LogP contribution < -0.4 is 15.0 Å². The average molecular weight is 599 g/mol. The minimum Gasteiger partial charge on any atom is -0.508 e. The molecule has 2 N–H and O–H groups in total. The first-order valence-electron chi connectivity index (χ1n) is 16.1. The number of rotatable bonds is 4. The molecule has 44 heavy (non-hydrogen) atoms. The molecule has 2 bridgehead atoms. The number of piperazine rings is 1. The highest BCUT2D eigenvalue weighted by molar-refractivity contribution is 6.02. The number of pyridine rings is 1. The molecule has 2 aromatic heterocycles. The van der Waals surface area contributed by atoms with Gasteiger partial charge in [0.15, 0.2) is 5.82 Å². The van der Waals surface area contributed by atoms with E-state index < -0.39 is 11.6 Å². The number of anilines is 1. The fraction of sp³-hybridized carbons (Fsp3) is 0.500. The Labute approximate surface area is 254 Å². The Morgan fingerprint density at radius 2 is 1.89 bits per heavy atom. The Hall–Kier alpha value is -3.63. The largest absolute Gasteiger partial charge is 0.508 e. The molecule has 1 unspecified atom stereocenters. The van der Waals surface area contributed by atoms with Crippen LogP contribution in [0.4, 0.5) is 14.6 Å². The summed E-state index contributed by atoms with van der Waals surface area (Å²) in [5.74, 6) is -0.329. The maximum atomic E-state index is 17.0. The summed E-state index contributed by atoms with van der Waals surface area (Å²) in [6.07, 6.45) is 8.18. The van der Waals surface area contributed by atoms with Crippen LogP contribution in [0.5, 0.6) is 11.8 Å². The van der Waals surface area contributed by atoms with E-state index in [1.165, 1.54) is 12.1 Å². The van der Waals surface area contributed by atoms with Crippen molar-refractivity contribution in [2.24, 2.45) is 0 Å². The molecule has 7 heterocycles. The average Bonchev–Trinajstić information content (AvgIpc) is 3.69. The lowest BCUT2D eigenvalue weighted by Crippen LogP contribution is -2.58. The van der Waals surface area contributed by atoms with Gasteiger partial charge in [0.25, 0.3) is 0 Å². The third-order valence-corrected chi connectivity index (χ3v) is 11.2. The third kappa shape index (κ3) is 3.89. The van der Waals surface area contributed by atoms with E-state index in [0.717, 1.165) is 70.3 Å². The maximum absolute atomic E-state index is 17.0. The van der Waals surface area contributed by atoms with E-state index in [9.17, 15) is 9.50 Å². The van der Waals surface area contributed by atoms with Gasteiger partial charge in [0.1, 0.15) is 35.2 Å². The van der Waals surface area contributed by atoms with Crippen LogP contribution in [-0.4, -0.2) is 74.9 Å². The van der Waals surface area contributed by atoms with Gasteiger partial charge in [-0.2, -0.15) is 9.97 Å². The van der Waals surface area contributed by atoms with Crippen molar-refractivity contribution in [2.45, 2.75) is 82.0 Å². The third-order valence-electron chi connectivity index (χ3n) is 11.2. The number of aromatic nitrogens is 3. The summed E-state index contributed by atoms with van der Waals surface area (Å²) in [5.41, 5.74) is 1.70. The zero-order chi connectivity index (χ0) is 29.7.